The summed E-state index contributed by atoms with van der Waals surface area (Å²) in [6.45, 7) is 0. The summed E-state index contributed by atoms with van der Waals surface area (Å²) in [5.41, 5.74) is 6.69. The first kappa shape index (κ1) is 34.7. The van der Waals surface area contributed by atoms with Crippen molar-refractivity contribution in [2.75, 3.05) is 9.80 Å². The van der Waals surface area contributed by atoms with Crippen LogP contribution in [0.4, 0.5) is 34.1 Å². The molecule has 1 aromatic heterocycles. The molecule has 0 unspecified atom stereocenters. The molecule has 1 aliphatic rings. The number of rotatable bonds is 8. The molecule has 272 valence electrons. The van der Waals surface area contributed by atoms with Gasteiger partial charge in [-0.15, -0.1) is 0 Å². The van der Waals surface area contributed by atoms with Gasteiger partial charge in [-0.25, -0.2) is 0 Å². The molecule has 0 radical (unpaired) electrons. The summed E-state index contributed by atoms with van der Waals surface area (Å²) >= 11 is 4.42. The fraction of sp³-hybridized carbons (Fsp3) is 0. The third kappa shape index (κ3) is 5.84. The topological polar surface area (TPSA) is 28.6 Å². The predicted octanol–water partition coefficient (Wildman–Crippen LogP) is 11.4. The van der Waals surface area contributed by atoms with Gasteiger partial charge < -0.3 is 14.5 Å². The third-order valence-electron chi connectivity index (χ3n) is 10.9. The number of para-hydroxylation sites is 5. The van der Waals surface area contributed by atoms with E-state index in [4.69, 9.17) is 9.72 Å². The van der Waals surface area contributed by atoms with Gasteiger partial charge >= 0.3 is 0 Å². The summed E-state index contributed by atoms with van der Waals surface area (Å²) in [6, 6.07) is 75.6. The highest BCUT2D eigenvalue weighted by Crippen LogP contribution is 2.58. The van der Waals surface area contributed by atoms with Crippen molar-refractivity contribution in [3.8, 4) is 11.5 Å². The second-order valence-electron chi connectivity index (χ2n) is 14.0. The summed E-state index contributed by atoms with van der Waals surface area (Å²) in [7, 11) is -3.13. The number of halogens is 1. The zero-order chi connectivity index (χ0) is 38.2. The molecule has 0 bridgehead atoms. The Labute approximate surface area is 342 Å². The highest BCUT2D eigenvalue weighted by Gasteiger charge is 2.46. The van der Waals surface area contributed by atoms with Gasteiger partial charge in [0.2, 0.25) is 0 Å². The summed E-state index contributed by atoms with van der Waals surface area (Å²) in [6.07, 6.45) is 1.88. The van der Waals surface area contributed by atoms with Crippen molar-refractivity contribution in [1.82, 2.24) is 4.98 Å². The first-order chi connectivity index (χ1) is 28.2. The molecule has 0 amide bonds. The summed E-state index contributed by atoms with van der Waals surface area (Å²) in [4.78, 5) is 9.68. The third-order valence-corrected chi connectivity index (χ3v) is 16.8. The lowest BCUT2D eigenvalue weighted by molar-refractivity contribution is 0.478. The van der Waals surface area contributed by atoms with E-state index in [0.717, 1.165) is 61.0 Å². The molecule has 0 spiro atoms. The fourth-order valence-corrected chi connectivity index (χ4v) is 14.6. The van der Waals surface area contributed by atoms with Crippen LogP contribution in [0.15, 0.2) is 223 Å². The van der Waals surface area contributed by atoms with Crippen molar-refractivity contribution >= 4 is 89.8 Å². The van der Waals surface area contributed by atoms with Crippen molar-refractivity contribution in [2.24, 2.45) is 0 Å². The number of anilines is 6. The lowest BCUT2D eigenvalue weighted by atomic mass is 10.1. The summed E-state index contributed by atoms with van der Waals surface area (Å²) in [5.74, 6) is 1.50. The molecule has 0 saturated carbocycles. The highest BCUT2D eigenvalue weighted by molar-refractivity contribution is 9.10. The van der Waals surface area contributed by atoms with E-state index < -0.39 is 8.07 Å². The van der Waals surface area contributed by atoms with Crippen LogP contribution in [0.1, 0.15) is 0 Å². The lowest BCUT2D eigenvalue weighted by Crippen LogP contribution is -2.75. The van der Waals surface area contributed by atoms with Crippen LogP contribution >= 0.6 is 15.9 Å². The molecule has 2 heterocycles. The monoisotopic (exact) mass is 813 g/mol. The van der Waals surface area contributed by atoms with Gasteiger partial charge in [0, 0.05) is 27.4 Å². The zero-order valence-corrected chi connectivity index (χ0v) is 33.5. The number of hydrogen-bond donors (Lipinski definition) is 0. The van der Waals surface area contributed by atoms with Gasteiger partial charge in [-0.1, -0.05) is 158 Å². The molecule has 0 fully saturated rings. The van der Waals surface area contributed by atoms with Gasteiger partial charge in [0.1, 0.15) is 5.69 Å². The molecule has 0 N–H and O–H groups in total. The van der Waals surface area contributed by atoms with E-state index in [1.807, 2.05) is 18.3 Å². The molecule has 0 saturated heterocycles. The second-order valence-corrected chi connectivity index (χ2v) is 18.6. The van der Waals surface area contributed by atoms with E-state index in [2.05, 4.69) is 226 Å². The number of pyridine rings is 1. The molecule has 10 rings (SSSR count). The van der Waals surface area contributed by atoms with E-state index in [1.165, 1.54) is 20.7 Å². The maximum absolute atomic E-state index is 7.24. The van der Waals surface area contributed by atoms with Crippen LogP contribution in [0.2, 0.25) is 0 Å². The van der Waals surface area contributed by atoms with Crippen LogP contribution < -0.4 is 35.3 Å². The molecule has 0 atom stereocenters. The van der Waals surface area contributed by atoms with Gasteiger partial charge in [-0.2, -0.15) is 0 Å². The SMILES string of the molecule is Brc1c([Si](c2ccccc2)(c2ccccc2)c2ccccc2)cc2c(c1N(c1ccccc1)c1ccccc1)Oc1ccccc1N2c1cccc2cccnc12. The normalized spacial score (nSPS) is 12.1. The van der Waals surface area contributed by atoms with Gasteiger partial charge in [0.05, 0.1) is 22.6 Å². The number of hydrogen-bond acceptors (Lipinski definition) is 4. The first-order valence-corrected chi connectivity index (χ1v) is 21.9. The Morgan fingerprint density at radius 3 is 1.56 bits per heavy atom. The highest BCUT2D eigenvalue weighted by atomic mass is 79.9. The Balaban J connectivity index is 1.41. The Bertz CT molecular complexity index is 2700. The molecular weight excluding hydrogens is 779 g/mol. The maximum Gasteiger partial charge on any atom is 0.180 e. The van der Waals surface area contributed by atoms with Crippen LogP contribution in [-0.2, 0) is 0 Å². The maximum atomic E-state index is 7.24. The van der Waals surface area contributed by atoms with Gasteiger partial charge in [-0.05, 0) is 91.3 Å². The van der Waals surface area contributed by atoms with Crippen molar-refractivity contribution in [1.29, 1.82) is 0 Å². The number of benzene rings is 8. The number of aromatic nitrogens is 1. The van der Waals surface area contributed by atoms with E-state index in [1.54, 1.807) is 0 Å². The number of ether oxygens (including phenoxy) is 1. The van der Waals surface area contributed by atoms with E-state index in [-0.39, 0.29) is 0 Å². The average molecular weight is 815 g/mol. The molecule has 9 aromatic rings. The Hall–Kier alpha value is -6.73. The summed E-state index contributed by atoms with van der Waals surface area (Å²) in [5, 5.41) is 6.08. The molecule has 4 nitrogen and oxygen atoms in total. The molecule has 57 heavy (non-hydrogen) atoms. The van der Waals surface area contributed by atoms with Crippen LogP contribution in [0, 0.1) is 0 Å². The van der Waals surface area contributed by atoms with Crippen molar-refractivity contribution in [3.63, 3.8) is 0 Å². The summed E-state index contributed by atoms with van der Waals surface area (Å²) < 4.78 is 8.21. The van der Waals surface area contributed by atoms with E-state index >= 15 is 0 Å². The van der Waals surface area contributed by atoms with Crippen LogP contribution in [0.25, 0.3) is 10.9 Å². The van der Waals surface area contributed by atoms with E-state index in [9.17, 15) is 0 Å². The van der Waals surface area contributed by atoms with Crippen LogP contribution in [0.5, 0.6) is 11.5 Å². The van der Waals surface area contributed by atoms with Crippen LogP contribution in [0.3, 0.4) is 0 Å². The molecular formula is C51H36BrN3OSi. The minimum absolute atomic E-state index is 0.738. The average Bonchev–Trinajstić information content (AvgIpc) is 3.29. The van der Waals surface area contributed by atoms with E-state index in [0.29, 0.717) is 0 Å². The number of fused-ring (bicyclic) bond motifs is 3. The van der Waals surface area contributed by atoms with Gasteiger partial charge in [-0.3, -0.25) is 4.98 Å². The first-order valence-electron chi connectivity index (χ1n) is 19.1. The van der Waals surface area contributed by atoms with Crippen molar-refractivity contribution < 1.29 is 4.74 Å². The molecule has 1 aliphatic heterocycles. The Morgan fingerprint density at radius 1 is 0.491 bits per heavy atom. The van der Waals surface area contributed by atoms with Crippen molar-refractivity contribution in [3.05, 3.63) is 223 Å². The predicted molar refractivity (Wildman–Crippen MR) is 242 cm³/mol. The standard InChI is InChI=1S/C51H36BrN3OSi/c52-48-47(57(40-26-10-3-11-27-40,41-28-12-4-13-29-41)42-30-14-5-15-31-42)36-45-51(50(48)54(38-22-6-1-7-23-38)39-24-8-2-9-25-39)56-46-34-17-16-32-43(46)55(45)44-33-18-20-37-21-19-35-53-49(37)44/h1-36H. The molecule has 0 aliphatic carbocycles. The largest absolute Gasteiger partial charge is 0.451 e. The van der Waals surface area contributed by atoms with Crippen molar-refractivity contribution in [2.45, 2.75) is 0 Å². The molecule has 6 heteroatoms. The van der Waals surface area contributed by atoms with Gasteiger partial charge in [0.25, 0.3) is 0 Å². The Kier molecular flexibility index (Phi) is 8.98. The minimum atomic E-state index is -3.13. The van der Waals surface area contributed by atoms with Crippen LogP contribution in [-0.4, -0.2) is 13.1 Å². The fourth-order valence-electron chi connectivity index (χ4n) is 8.44. The van der Waals surface area contributed by atoms with Gasteiger partial charge in [0.15, 0.2) is 19.6 Å². The lowest BCUT2D eigenvalue weighted by Gasteiger charge is -2.41. The quantitative estimate of drug-likeness (QED) is 0.113. The zero-order valence-electron chi connectivity index (χ0n) is 30.9. The molecule has 8 aromatic carbocycles. The second kappa shape index (κ2) is 14.7. The number of nitrogens with zero attached hydrogens (tertiary/aromatic N) is 3. The minimum Gasteiger partial charge on any atom is -0.451 e. The Morgan fingerprint density at radius 2 is 0.982 bits per heavy atom. The smallest absolute Gasteiger partial charge is 0.180 e.